The molecule has 1 aromatic carbocycles. The van der Waals surface area contributed by atoms with Gasteiger partial charge < -0.3 is 14.4 Å². The van der Waals surface area contributed by atoms with Gasteiger partial charge in [0, 0.05) is 23.9 Å². The van der Waals surface area contributed by atoms with Gasteiger partial charge in [0.25, 0.3) is 0 Å². The number of pyridine rings is 1. The van der Waals surface area contributed by atoms with Crippen molar-refractivity contribution in [2.75, 3.05) is 18.3 Å². The van der Waals surface area contributed by atoms with Gasteiger partial charge in [-0.25, -0.2) is 9.78 Å². The monoisotopic (exact) mass is 538 g/mol. The molecule has 0 aliphatic heterocycles. The Morgan fingerprint density at radius 3 is 2.41 bits per heavy atom. The SMILES string of the molecule is COC(=O)c1cc(Oc2ncc(CSC)cc2C(F)(F)F)ccc1N(C(=O)[C@H]1CC[C@H](C)CC1)C(C)C. The lowest BCUT2D eigenvalue weighted by molar-refractivity contribution is -0.139. The zero-order valence-electron chi connectivity index (χ0n) is 21.7. The first-order chi connectivity index (χ1) is 17.5. The fourth-order valence-corrected chi connectivity index (χ4v) is 5.05. The molecule has 1 aromatic heterocycles. The normalized spacial score (nSPS) is 18.0. The maximum Gasteiger partial charge on any atom is 0.421 e. The van der Waals surface area contributed by atoms with Crippen LogP contribution in [0.25, 0.3) is 0 Å². The number of methoxy groups -OCH3 is 1. The Hall–Kier alpha value is -2.75. The van der Waals surface area contributed by atoms with E-state index in [0.717, 1.165) is 31.7 Å². The highest BCUT2D eigenvalue weighted by molar-refractivity contribution is 7.97. The number of carbonyl (C=O) groups is 2. The van der Waals surface area contributed by atoms with Crippen LogP contribution in [0.2, 0.25) is 0 Å². The molecule has 0 bridgehead atoms. The molecule has 0 unspecified atom stereocenters. The fourth-order valence-electron chi connectivity index (χ4n) is 4.55. The van der Waals surface area contributed by atoms with E-state index in [9.17, 15) is 22.8 Å². The number of carbonyl (C=O) groups excluding carboxylic acids is 2. The molecule has 37 heavy (non-hydrogen) atoms. The Morgan fingerprint density at radius 1 is 1.16 bits per heavy atom. The van der Waals surface area contributed by atoms with Crippen molar-refractivity contribution in [3.8, 4) is 11.6 Å². The molecule has 1 saturated carbocycles. The van der Waals surface area contributed by atoms with Crippen molar-refractivity contribution < 1.29 is 32.2 Å². The largest absolute Gasteiger partial charge is 0.465 e. The molecule has 10 heteroatoms. The van der Waals surface area contributed by atoms with E-state index >= 15 is 0 Å². The van der Waals surface area contributed by atoms with Crippen LogP contribution in [0.1, 0.15) is 67.9 Å². The first-order valence-electron chi connectivity index (χ1n) is 12.2. The van der Waals surface area contributed by atoms with E-state index < -0.39 is 23.6 Å². The highest BCUT2D eigenvalue weighted by Gasteiger charge is 2.36. The quantitative estimate of drug-likeness (QED) is 0.334. The molecular weight excluding hydrogens is 505 g/mol. The third-order valence-electron chi connectivity index (χ3n) is 6.49. The Labute approximate surface area is 219 Å². The van der Waals surface area contributed by atoms with Gasteiger partial charge in [0.2, 0.25) is 11.8 Å². The number of rotatable bonds is 8. The van der Waals surface area contributed by atoms with Gasteiger partial charge in [0.05, 0.1) is 18.4 Å². The predicted molar refractivity (Wildman–Crippen MR) is 138 cm³/mol. The Kier molecular flexibility index (Phi) is 9.50. The van der Waals surface area contributed by atoms with Crippen LogP contribution >= 0.6 is 11.8 Å². The standard InChI is InChI=1S/C27H33F3N2O4S/c1-16(2)32(25(33)19-8-6-17(3)7-9-19)23-11-10-20(13-21(23)26(34)35-4)36-24-22(27(28,29)30)12-18(14-31-24)15-37-5/h10-14,16-17,19H,6-9,15H2,1-5H3/t17-,19-. The number of hydrogen-bond donors (Lipinski definition) is 0. The van der Waals surface area contributed by atoms with Crippen LogP contribution in [0.15, 0.2) is 30.5 Å². The van der Waals surface area contributed by atoms with Gasteiger partial charge in [-0.1, -0.05) is 6.92 Å². The number of ether oxygens (including phenoxy) is 2. The summed E-state index contributed by atoms with van der Waals surface area (Å²) in [6.07, 6.45) is 1.91. The Morgan fingerprint density at radius 2 is 1.84 bits per heavy atom. The number of halogens is 3. The summed E-state index contributed by atoms with van der Waals surface area (Å²) in [5.74, 6) is -0.656. The molecule has 0 saturated heterocycles. The lowest BCUT2D eigenvalue weighted by atomic mass is 9.82. The summed E-state index contributed by atoms with van der Waals surface area (Å²) >= 11 is 1.38. The van der Waals surface area contributed by atoms with Crippen LogP contribution in [0.3, 0.4) is 0 Å². The van der Waals surface area contributed by atoms with Crippen LogP contribution in [0.5, 0.6) is 11.6 Å². The molecule has 3 rings (SSSR count). The van der Waals surface area contributed by atoms with Crippen molar-refractivity contribution in [1.29, 1.82) is 0 Å². The fraction of sp³-hybridized carbons (Fsp3) is 0.519. The van der Waals surface area contributed by atoms with Gasteiger partial charge in [0.15, 0.2) is 0 Å². The van der Waals surface area contributed by atoms with Gasteiger partial charge >= 0.3 is 12.1 Å². The number of benzene rings is 1. The van der Waals surface area contributed by atoms with Crippen molar-refractivity contribution in [1.82, 2.24) is 4.98 Å². The molecular formula is C27H33F3N2O4S. The maximum atomic E-state index is 13.7. The first-order valence-corrected chi connectivity index (χ1v) is 13.6. The highest BCUT2D eigenvalue weighted by atomic mass is 32.2. The summed E-state index contributed by atoms with van der Waals surface area (Å²) < 4.78 is 51.7. The number of aromatic nitrogens is 1. The second-order valence-corrected chi connectivity index (χ2v) is 10.5. The molecule has 1 fully saturated rings. The Balaban J connectivity index is 2.00. The number of hydrogen-bond acceptors (Lipinski definition) is 6. The van der Waals surface area contributed by atoms with E-state index in [1.807, 2.05) is 13.8 Å². The van der Waals surface area contributed by atoms with Crippen molar-refractivity contribution in [2.24, 2.45) is 11.8 Å². The van der Waals surface area contributed by atoms with Gasteiger partial charge in [0.1, 0.15) is 11.3 Å². The van der Waals surface area contributed by atoms with Gasteiger partial charge in [-0.15, -0.1) is 0 Å². The third kappa shape index (κ3) is 6.97. The molecule has 6 nitrogen and oxygen atoms in total. The minimum atomic E-state index is -4.68. The van der Waals surface area contributed by atoms with Crippen LogP contribution in [0, 0.1) is 11.8 Å². The van der Waals surface area contributed by atoms with Crippen LogP contribution in [-0.2, 0) is 21.5 Å². The summed E-state index contributed by atoms with van der Waals surface area (Å²) in [5.41, 5.74) is -0.231. The minimum Gasteiger partial charge on any atom is -0.465 e. The lowest BCUT2D eigenvalue weighted by Gasteiger charge is -2.34. The molecule has 0 N–H and O–H groups in total. The summed E-state index contributed by atoms with van der Waals surface area (Å²) in [4.78, 5) is 31.7. The van der Waals surface area contributed by atoms with Crippen LogP contribution in [0.4, 0.5) is 18.9 Å². The van der Waals surface area contributed by atoms with E-state index in [-0.39, 0.29) is 29.2 Å². The summed E-state index contributed by atoms with van der Waals surface area (Å²) in [6, 6.07) is 5.00. The average Bonchev–Trinajstić information content (AvgIpc) is 2.85. The summed E-state index contributed by atoms with van der Waals surface area (Å²) in [5, 5.41) is 0. The topological polar surface area (TPSA) is 68.7 Å². The van der Waals surface area contributed by atoms with Crippen molar-refractivity contribution in [3.63, 3.8) is 0 Å². The van der Waals surface area contributed by atoms with E-state index in [4.69, 9.17) is 9.47 Å². The predicted octanol–water partition coefficient (Wildman–Crippen LogP) is 7.11. The van der Waals surface area contributed by atoms with Crippen molar-refractivity contribution >= 4 is 29.3 Å². The zero-order valence-corrected chi connectivity index (χ0v) is 22.5. The average molecular weight is 539 g/mol. The minimum absolute atomic E-state index is 0.0255. The zero-order chi connectivity index (χ0) is 27.3. The Bertz CT molecular complexity index is 1120. The molecule has 0 atom stereocenters. The lowest BCUT2D eigenvalue weighted by Crippen LogP contribution is -2.43. The highest BCUT2D eigenvalue weighted by Crippen LogP contribution is 2.39. The van der Waals surface area contributed by atoms with Crippen LogP contribution < -0.4 is 9.64 Å². The molecule has 1 aliphatic carbocycles. The number of esters is 1. The number of nitrogens with zero attached hydrogens (tertiary/aromatic N) is 2. The smallest absolute Gasteiger partial charge is 0.421 e. The maximum absolute atomic E-state index is 13.7. The van der Waals surface area contributed by atoms with E-state index in [1.165, 1.54) is 43.3 Å². The summed E-state index contributed by atoms with van der Waals surface area (Å²) in [6.45, 7) is 5.87. The van der Waals surface area contributed by atoms with E-state index in [1.54, 1.807) is 11.2 Å². The molecule has 202 valence electrons. The van der Waals surface area contributed by atoms with Crippen molar-refractivity contribution in [3.05, 3.63) is 47.2 Å². The molecule has 2 aromatic rings. The van der Waals surface area contributed by atoms with Gasteiger partial charge in [-0.3, -0.25) is 4.79 Å². The summed E-state index contributed by atoms with van der Waals surface area (Å²) in [7, 11) is 1.21. The second kappa shape index (κ2) is 12.2. The molecule has 1 heterocycles. The molecule has 0 radical (unpaired) electrons. The van der Waals surface area contributed by atoms with E-state index in [2.05, 4.69) is 11.9 Å². The van der Waals surface area contributed by atoms with E-state index in [0.29, 0.717) is 22.9 Å². The van der Waals surface area contributed by atoms with Gasteiger partial charge in [-0.05, 0) is 81.5 Å². The number of thioether (sulfide) groups is 1. The molecule has 0 spiro atoms. The second-order valence-electron chi connectivity index (χ2n) is 9.66. The third-order valence-corrected chi connectivity index (χ3v) is 7.11. The first kappa shape index (κ1) is 28.8. The van der Waals surface area contributed by atoms with Gasteiger partial charge in [-0.2, -0.15) is 24.9 Å². The number of anilines is 1. The molecule has 1 amide bonds. The number of alkyl halides is 3. The van der Waals surface area contributed by atoms with Crippen molar-refractivity contribution in [2.45, 2.75) is 64.4 Å². The van der Waals surface area contributed by atoms with Crippen LogP contribution in [-0.4, -0.2) is 36.3 Å². The molecule has 1 aliphatic rings. The number of amides is 1.